The molecule has 0 unspecified atom stereocenters. The molecule has 1 aromatic rings. The quantitative estimate of drug-likeness (QED) is 0.643. The van der Waals surface area contributed by atoms with E-state index in [4.69, 9.17) is 0 Å². The lowest BCUT2D eigenvalue weighted by atomic mass is 10.2. The van der Waals surface area contributed by atoms with Crippen molar-refractivity contribution in [2.45, 2.75) is 6.18 Å². The lowest BCUT2D eigenvalue weighted by Crippen LogP contribution is -2.29. The van der Waals surface area contributed by atoms with Crippen LogP contribution in [-0.2, 0) is 9.47 Å². The summed E-state index contributed by atoms with van der Waals surface area (Å²) in [5, 5.41) is 3.90. The van der Waals surface area contributed by atoms with Crippen molar-refractivity contribution in [3.8, 4) is 0 Å². The number of alkyl halides is 3. The molecule has 1 heterocycles. The van der Waals surface area contributed by atoms with Gasteiger partial charge in [0, 0.05) is 6.54 Å². The van der Waals surface area contributed by atoms with Crippen molar-refractivity contribution in [2.75, 3.05) is 26.9 Å². The van der Waals surface area contributed by atoms with E-state index >= 15 is 0 Å². The highest BCUT2D eigenvalue weighted by molar-refractivity contribution is 7.12. The number of ether oxygens (including phenoxy) is 2. The number of hydrogen-bond acceptors (Lipinski definition) is 5. The topological polar surface area (TPSA) is 64.6 Å². The SMILES string of the molecule is COC(=O)c1sccc1C(=O)NCCOCC(F)(F)F. The van der Waals surface area contributed by atoms with Crippen LogP contribution in [0.25, 0.3) is 0 Å². The Hall–Kier alpha value is -1.61. The summed E-state index contributed by atoms with van der Waals surface area (Å²) in [5.41, 5.74) is 0.123. The Labute approximate surface area is 116 Å². The van der Waals surface area contributed by atoms with Crippen LogP contribution in [0.3, 0.4) is 0 Å². The highest BCUT2D eigenvalue weighted by Gasteiger charge is 2.27. The van der Waals surface area contributed by atoms with Gasteiger partial charge in [-0.15, -0.1) is 11.3 Å². The van der Waals surface area contributed by atoms with Gasteiger partial charge in [0.05, 0.1) is 19.3 Å². The first-order valence-electron chi connectivity index (χ1n) is 5.43. The predicted octanol–water partition coefficient (Wildman–Crippen LogP) is 1.84. The number of halogens is 3. The molecule has 1 amide bonds. The molecule has 0 aliphatic carbocycles. The van der Waals surface area contributed by atoms with Gasteiger partial charge in [0.25, 0.3) is 5.91 Å². The van der Waals surface area contributed by atoms with Crippen LogP contribution in [0.15, 0.2) is 11.4 Å². The minimum absolute atomic E-state index is 0.0919. The first-order chi connectivity index (χ1) is 9.35. The number of carbonyl (C=O) groups is 2. The fraction of sp³-hybridized carbons (Fsp3) is 0.455. The molecule has 0 saturated carbocycles. The summed E-state index contributed by atoms with van der Waals surface area (Å²) < 4.78 is 44.2. The largest absolute Gasteiger partial charge is 0.465 e. The monoisotopic (exact) mass is 311 g/mol. The molecule has 0 bridgehead atoms. The maximum atomic E-state index is 11.8. The highest BCUT2D eigenvalue weighted by atomic mass is 32.1. The predicted molar refractivity (Wildman–Crippen MR) is 64.9 cm³/mol. The minimum Gasteiger partial charge on any atom is -0.465 e. The zero-order chi connectivity index (χ0) is 15.2. The van der Waals surface area contributed by atoms with Gasteiger partial charge in [-0.05, 0) is 11.4 Å². The number of thiophene rings is 1. The molecule has 0 radical (unpaired) electrons. The van der Waals surface area contributed by atoms with Gasteiger partial charge in [0.1, 0.15) is 11.5 Å². The Kier molecular flexibility index (Phi) is 5.96. The Morgan fingerprint density at radius 1 is 1.40 bits per heavy atom. The van der Waals surface area contributed by atoms with Crippen molar-refractivity contribution >= 4 is 23.2 Å². The van der Waals surface area contributed by atoms with Crippen LogP contribution < -0.4 is 5.32 Å². The molecular weight excluding hydrogens is 299 g/mol. The normalized spacial score (nSPS) is 11.2. The molecule has 112 valence electrons. The van der Waals surface area contributed by atoms with E-state index in [1.54, 1.807) is 5.38 Å². The lowest BCUT2D eigenvalue weighted by Gasteiger charge is -2.08. The van der Waals surface area contributed by atoms with Gasteiger partial charge < -0.3 is 14.8 Å². The Balaban J connectivity index is 2.40. The van der Waals surface area contributed by atoms with Crippen LogP contribution in [-0.4, -0.2) is 44.9 Å². The average molecular weight is 311 g/mol. The second-order valence-corrected chi connectivity index (χ2v) is 4.49. The summed E-state index contributed by atoms with van der Waals surface area (Å²) in [6.45, 7) is -1.73. The van der Waals surface area contributed by atoms with Crippen molar-refractivity contribution in [1.82, 2.24) is 5.32 Å². The molecule has 0 atom stereocenters. The third kappa shape index (κ3) is 5.17. The third-order valence-corrected chi connectivity index (χ3v) is 2.97. The van der Waals surface area contributed by atoms with Crippen LogP contribution >= 0.6 is 11.3 Å². The van der Waals surface area contributed by atoms with Crippen molar-refractivity contribution in [1.29, 1.82) is 0 Å². The molecule has 1 N–H and O–H groups in total. The second-order valence-electron chi connectivity index (χ2n) is 3.58. The van der Waals surface area contributed by atoms with E-state index < -0.39 is 24.7 Å². The Morgan fingerprint density at radius 2 is 2.10 bits per heavy atom. The maximum absolute atomic E-state index is 11.8. The molecule has 9 heteroatoms. The van der Waals surface area contributed by atoms with E-state index in [9.17, 15) is 22.8 Å². The van der Waals surface area contributed by atoms with Gasteiger partial charge in [-0.1, -0.05) is 0 Å². The average Bonchev–Trinajstić information content (AvgIpc) is 2.85. The van der Waals surface area contributed by atoms with Crippen LogP contribution in [0, 0.1) is 0 Å². The highest BCUT2D eigenvalue weighted by Crippen LogP contribution is 2.17. The van der Waals surface area contributed by atoms with Gasteiger partial charge in [-0.3, -0.25) is 4.79 Å². The maximum Gasteiger partial charge on any atom is 0.411 e. The molecule has 0 aliphatic rings. The zero-order valence-electron chi connectivity index (χ0n) is 10.5. The van der Waals surface area contributed by atoms with Gasteiger partial charge in [-0.2, -0.15) is 13.2 Å². The van der Waals surface area contributed by atoms with E-state index in [0.717, 1.165) is 11.3 Å². The molecule has 0 saturated heterocycles. The zero-order valence-corrected chi connectivity index (χ0v) is 11.3. The number of hydrogen-bond donors (Lipinski definition) is 1. The Bertz CT molecular complexity index is 472. The van der Waals surface area contributed by atoms with Gasteiger partial charge in [-0.25, -0.2) is 4.79 Å². The van der Waals surface area contributed by atoms with Gasteiger partial charge in [0.15, 0.2) is 0 Å². The van der Waals surface area contributed by atoms with Crippen LogP contribution in [0.5, 0.6) is 0 Å². The standard InChI is InChI=1S/C11H12F3NO4S/c1-18-10(17)8-7(2-5-20-8)9(16)15-3-4-19-6-11(12,13)14/h2,5H,3-4,6H2,1H3,(H,15,16). The molecule has 0 spiro atoms. The summed E-state index contributed by atoms with van der Waals surface area (Å²) in [7, 11) is 1.19. The molecule has 5 nitrogen and oxygen atoms in total. The number of nitrogens with one attached hydrogen (secondary N) is 1. The molecular formula is C11H12F3NO4S. The number of carbonyl (C=O) groups excluding carboxylic acids is 2. The second kappa shape index (κ2) is 7.25. The summed E-state index contributed by atoms with van der Waals surface area (Å²) in [6, 6.07) is 1.43. The summed E-state index contributed by atoms with van der Waals surface area (Å²) in [5.74, 6) is -1.21. The van der Waals surface area contributed by atoms with E-state index in [2.05, 4.69) is 14.8 Å². The molecule has 0 aliphatic heterocycles. The number of esters is 1. The Morgan fingerprint density at radius 3 is 2.70 bits per heavy atom. The summed E-state index contributed by atoms with van der Waals surface area (Å²) >= 11 is 1.04. The smallest absolute Gasteiger partial charge is 0.411 e. The van der Waals surface area contributed by atoms with E-state index in [0.29, 0.717) is 0 Å². The first-order valence-corrected chi connectivity index (χ1v) is 6.31. The number of amides is 1. The summed E-state index contributed by atoms with van der Waals surface area (Å²) in [6.07, 6.45) is -4.39. The van der Waals surface area contributed by atoms with Crippen LogP contribution in [0.1, 0.15) is 20.0 Å². The molecule has 1 rings (SSSR count). The van der Waals surface area contributed by atoms with E-state index in [-0.39, 0.29) is 23.6 Å². The third-order valence-electron chi connectivity index (χ3n) is 2.08. The van der Waals surface area contributed by atoms with Crippen molar-refractivity contribution < 1.29 is 32.2 Å². The number of rotatable bonds is 6. The molecule has 0 aromatic carbocycles. The molecule has 0 fully saturated rings. The van der Waals surface area contributed by atoms with Crippen LogP contribution in [0.2, 0.25) is 0 Å². The van der Waals surface area contributed by atoms with Gasteiger partial charge >= 0.3 is 12.1 Å². The summed E-state index contributed by atoms with van der Waals surface area (Å²) in [4.78, 5) is 23.2. The van der Waals surface area contributed by atoms with E-state index in [1.165, 1.54) is 13.2 Å². The number of methoxy groups -OCH3 is 1. The van der Waals surface area contributed by atoms with Crippen molar-refractivity contribution in [3.63, 3.8) is 0 Å². The molecule has 1 aromatic heterocycles. The van der Waals surface area contributed by atoms with Crippen molar-refractivity contribution in [3.05, 3.63) is 21.9 Å². The lowest BCUT2D eigenvalue weighted by molar-refractivity contribution is -0.173. The molecule has 20 heavy (non-hydrogen) atoms. The van der Waals surface area contributed by atoms with Crippen molar-refractivity contribution in [2.24, 2.45) is 0 Å². The fourth-order valence-electron chi connectivity index (χ4n) is 1.26. The van der Waals surface area contributed by atoms with Gasteiger partial charge in [0.2, 0.25) is 0 Å². The first kappa shape index (κ1) is 16.4. The minimum atomic E-state index is -4.39. The fourth-order valence-corrected chi connectivity index (χ4v) is 2.07. The van der Waals surface area contributed by atoms with Crippen LogP contribution in [0.4, 0.5) is 13.2 Å². The van der Waals surface area contributed by atoms with E-state index in [1.807, 2.05) is 0 Å².